The Morgan fingerprint density at radius 3 is 2.56 bits per heavy atom. The van der Waals surface area contributed by atoms with Gasteiger partial charge in [0, 0.05) is 31.9 Å². The summed E-state index contributed by atoms with van der Waals surface area (Å²) in [6, 6.07) is 15.6. The highest BCUT2D eigenvalue weighted by Crippen LogP contribution is 2.29. The smallest absolute Gasteiger partial charge is 0.0600 e. The van der Waals surface area contributed by atoms with Gasteiger partial charge >= 0.3 is 0 Å². The fourth-order valence-electron chi connectivity index (χ4n) is 4.32. The standard InChI is InChI=1S/C22H29N3/c23-20-17-18(11-12-22(20)25-13-3-4-14-25)7-5-15-24-16-6-9-19-8-1-2-10-21(19)24/h1-2,8,10-12,17H,3-7,9,13-16,23H2. The van der Waals surface area contributed by atoms with Gasteiger partial charge in [0.25, 0.3) is 0 Å². The number of nitrogen functional groups attached to an aromatic ring is 1. The number of benzene rings is 2. The lowest BCUT2D eigenvalue weighted by Crippen LogP contribution is -2.30. The van der Waals surface area contributed by atoms with Gasteiger partial charge in [-0.3, -0.25) is 0 Å². The van der Waals surface area contributed by atoms with Crippen LogP contribution in [0.4, 0.5) is 17.1 Å². The van der Waals surface area contributed by atoms with Gasteiger partial charge in [-0.1, -0.05) is 24.3 Å². The number of rotatable bonds is 5. The Labute approximate surface area is 151 Å². The lowest BCUT2D eigenvalue weighted by molar-refractivity contribution is 0.664. The van der Waals surface area contributed by atoms with E-state index in [2.05, 4.69) is 52.3 Å². The van der Waals surface area contributed by atoms with Gasteiger partial charge in [-0.25, -0.2) is 0 Å². The predicted molar refractivity (Wildman–Crippen MR) is 108 cm³/mol. The summed E-state index contributed by atoms with van der Waals surface area (Å²) < 4.78 is 0. The molecule has 2 heterocycles. The van der Waals surface area contributed by atoms with Crippen molar-refractivity contribution in [2.45, 2.75) is 38.5 Å². The van der Waals surface area contributed by atoms with Crippen LogP contribution in [0, 0.1) is 0 Å². The number of nitrogens with zero attached hydrogens (tertiary/aromatic N) is 2. The fourth-order valence-corrected chi connectivity index (χ4v) is 4.32. The van der Waals surface area contributed by atoms with E-state index in [1.807, 2.05) is 0 Å². The number of hydrogen-bond donors (Lipinski definition) is 1. The summed E-state index contributed by atoms with van der Waals surface area (Å²) in [6.07, 6.45) is 7.35. The van der Waals surface area contributed by atoms with Crippen molar-refractivity contribution in [3.63, 3.8) is 0 Å². The monoisotopic (exact) mass is 335 g/mol. The SMILES string of the molecule is Nc1cc(CCCN2CCCc3ccccc32)ccc1N1CCCC1. The van der Waals surface area contributed by atoms with E-state index < -0.39 is 0 Å². The highest BCUT2D eigenvalue weighted by atomic mass is 15.2. The Morgan fingerprint density at radius 2 is 1.72 bits per heavy atom. The van der Waals surface area contributed by atoms with E-state index in [9.17, 15) is 0 Å². The summed E-state index contributed by atoms with van der Waals surface area (Å²) in [7, 11) is 0. The van der Waals surface area contributed by atoms with Crippen LogP contribution in [0.3, 0.4) is 0 Å². The second-order valence-corrected chi connectivity index (χ2v) is 7.41. The summed E-state index contributed by atoms with van der Waals surface area (Å²) in [6.45, 7) is 4.62. The molecule has 132 valence electrons. The number of nitrogens with two attached hydrogens (primary N) is 1. The maximum Gasteiger partial charge on any atom is 0.0600 e. The van der Waals surface area contributed by atoms with Gasteiger partial charge in [0.15, 0.2) is 0 Å². The van der Waals surface area contributed by atoms with Crippen LogP contribution in [0.1, 0.15) is 36.8 Å². The Bertz CT molecular complexity index is 719. The molecule has 0 aliphatic carbocycles. The van der Waals surface area contributed by atoms with Gasteiger partial charge in [-0.15, -0.1) is 0 Å². The average Bonchev–Trinajstić information content (AvgIpc) is 3.16. The molecule has 2 aliphatic rings. The molecular weight excluding hydrogens is 306 g/mol. The summed E-state index contributed by atoms with van der Waals surface area (Å²) in [5.74, 6) is 0. The van der Waals surface area contributed by atoms with Gasteiger partial charge in [-0.2, -0.15) is 0 Å². The molecule has 0 bridgehead atoms. The molecule has 0 unspecified atom stereocenters. The third kappa shape index (κ3) is 3.60. The maximum atomic E-state index is 6.33. The van der Waals surface area contributed by atoms with Gasteiger partial charge < -0.3 is 15.5 Å². The second-order valence-electron chi connectivity index (χ2n) is 7.41. The van der Waals surface area contributed by atoms with Crippen molar-refractivity contribution < 1.29 is 0 Å². The van der Waals surface area contributed by atoms with Crippen LogP contribution in [0.25, 0.3) is 0 Å². The summed E-state index contributed by atoms with van der Waals surface area (Å²) in [5.41, 5.74) is 12.8. The second kappa shape index (κ2) is 7.38. The molecule has 0 amide bonds. The Balaban J connectivity index is 1.35. The van der Waals surface area contributed by atoms with E-state index >= 15 is 0 Å². The van der Waals surface area contributed by atoms with Crippen molar-refractivity contribution in [1.29, 1.82) is 0 Å². The van der Waals surface area contributed by atoms with E-state index in [-0.39, 0.29) is 0 Å². The van der Waals surface area contributed by atoms with Crippen LogP contribution in [0.2, 0.25) is 0 Å². The fraction of sp³-hybridized carbons (Fsp3) is 0.455. The van der Waals surface area contributed by atoms with Crippen LogP contribution in [-0.4, -0.2) is 26.2 Å². The van der Waals surface area contributed by atoms with E-state index in [1.165, 1.54) is 61.2 Å². The van der Waals surface area contributed by atoms with Crippen LogP contribution in [0.15, 0.2) is 42.5 Å². The third-order valence-electron chi connectivity index (χ3n) is 5.64. The zero-order valence-electron chi connectivity index (χ0n) is 15.1. The molecule has 0 spiro atoms. The molecule has 4 rings (SSSR count). The number of anilines is 3. The van der Waals surface area contributed by atoms with Gasteiger partial charge in [0.05, 0.1) is 11.4 Å². The van der Waals surface area contributed by atoms with E-state index in [4.69, 9.17) is 5.73 Å². The Kier molecular flexibility index (Phi) is 4.82. The first-order valence-electron chi connectivity index (χ1n) is 9.77. The minimum absolute atomic E-state index is 0.947. The van der Waals surface area contributed by atoms with Crippen molar-refractivity contribution in [2.24, 2.45) is 0 Å². The Hall–Kier alpha value is -2.16. The van der Waals surface area contributed by atoms with Crippen LogP contribution in [-0.2, 0) is 12.8 Å². The molecule has 1 fully saturated rings. The van der Waals surface area contributed by atoms with Crippen molar-refractivity contribution in [3.05, 3.63) is 53.6 Å². The first kappa shape index (κ1) is 16.3. The molecule has 0 atom stereocenters. The van der Waals surface area contributed by atoms with Crippen molar-refractivity contribution in [2.75, 3.05) is 41.7 Å². The topological polar surface area (TPSA) is 32.5 Å². The number of aryl methyl sites for hydroxylation is 2. The molecule has 3 nitrogen and oxygen atoms in total. The van der Waals surface area contributed by atoms with E-state index in [1.54, 1.807) is 0 Å². The molecule has 2 N–H and O–H groups in total. The normalized spacial score (nSPS) is 17.0. The first-order valence-corrected chi connectivity index (χ1v) is 9.77. The number of fused-ring (bicyclic) bond motifs is 1. The minimum Gasteiger partial charge on any atom is -0.397 e. The van der Waals surface area contributed by atoms with Crippen molar-refractivity contribution in [3.8, 4) is 0 Å². The van der Waals surface area contributed by atoms with Crippen molar-refractivity contribution >= 4 is 17.1 Å². The molecule has 1 saturated heterocycles. The van der Waals surface area contributed by atoms with Gasteiger partial charge in [0.2, 0.25) is 0 Å². The predicted octanol–water partition coefficient (Wildman–Crippen LogP) is 4.25. The maximum absolute atomic E-state index is 6.33. The molecule has 2 aromatic carbocycles. The number of hydrogen-bond acceptors (Lipinski definition) is 3. The highest BCUT2D eigenvalue weighted by Gasteiger charge is 2.16. The van der Waals surface area contributed by atoms with Crippen LogP contribution >= 0.6 is 0 Å². The van der Waals surface area contributed by atoms with Gasteiger partial charge in [0.1, 0.15) is 0 Å². The molecule has 0 aromatic heterocycles. The lowest BCUT2D eigenvalue weighted by Gasteiger charge is -2.31. The van der Waals surface area contributed by atoms with Crippen molar-refractivity contribution in [1.82, 2.24) is 0 Å². The zero-order chi connectivity index (χ0) is 17.1. The van der Waals surface area contributed by atoms with Crippen LogP contribution in [0.5, 0.6) is 0 Å². The molecule has 3 heteroatoms. The van der Waals surface area contributed by atoms with Crippen LogP contribution < -0.4 is 15.5 Å². The highest BCUT2D eigenvalue weighted by molar-refractivity contribution is 5.68. The first-order chi connectivity index (χ1) is 12.3. The zero-order valence-corrected chi connectivity index (χ0v) is 15.1. The molecule has 0 radical (unpaired) electrons. The largest absolute Gasteiger partial charge is 0.397 e. The molecule has 2 aliphatic heterocycles. The lowest BCUT2D eigenvalue weighted by atomic mass is 10.0. The summed E-state index contributed by atoms with van der Waals surface area (Å²) >= 11 is 0. The third-order valence-corrected chi connectivity index (χ3v) is 5.64. The molecule has 2 aromatic rings. The molecular formula is C22H29N3. The number of para-hydroxylation sites is 1. The molecule has 25 heavy (non-hydrogen) atoms. The summed E-state index contributed by atoms with van der Waals surface area (Å²) in [4.78, 5) is 4.98. The van der Waals surface area contributed by atoms with E-state index in [0.717, 1.165) is 31.7 Å². The summed E-state index contributed by atoms with van der Waals surface area (Å²) in [5, 5.41) is 0. The van der Waals surface area contributed by atoms with Gasteiger partial charge in [-0.05, 0) is 67.9 Å². The Morgan fingerprint density at radius 1 is 0.880 bits per heavy atom. The quantitative estimate of drug-likeness (QED) is 0.829. The molecule has 0 saturated carbocycles. The van der Waals surface area contributed by atoms with E-state index in [0.29, 0.717) is 0 Å². The minimum atomic E-state index is 0.947. The average molecular weight is 335 g/mol.